The molecule has 1 saturated carbocycles. The summed E-state index contributed by atoms with van der Waals surface area (Å²) in [7, 11) is 0. The molecule has 0 unspecified atom stereocenters. The van der Waals surface area contributed by atoms with E-state index in [0.717, 1.165) is 11.5 Å². The van der Waals surface area contributed by atoms with Crippen molar-refractivity contribution in [2.45, 2.75) is 25.3 Å². The second kappa shape index (κ2) is 3.64. The molecule has 2 aromatic rings. The predicted molar refractivity (Wildman–Crippen MR) is 62.1 cm³/mol. The summed E-state index contributed by atoms with van der Waals surface area (Å²) in [6.45, 7) is 0. The second-order valence-electron chi connectivity index (χ2n) is 4.05. The van der Waals surface area contributed by atoms with E-state index in [1.165, 1.54) is 19.3 Å². The summed E-state index contributed by atoms with van der Waals surface area (Å²) in [5.74, 6) is 6.81. The molecule has 1 aliphatic carbocycles. The smallest absolute Gasteiger partial charge is 0.180 e. The summed E-state index contributed by atoms with van der Waals surface area (Å²) < 4.78 is 1.91. The highest BCUT2D eigenvalue weighted by Gasteiger charge is 2.19. The van der Waals surface area contributed by atoms with Crippen LogP contribution in [0.2, 0.25) is 0 Å². The molecule has 1 fully saturated rings. The molecule has 1 aliphatic rings. The lowest BCUT2D eigenvalue weighted by Crippen LogP contribution is -2.28. The maximum Gasteiger partial charge on any atom is 0.180 e. The number of hydrogen-bond donors (Lipinski definition) is 3. The molecule has 6 nitrogen and oxygen atoms in total. The number of nitrogens with zero attached hydrogens (tertiary/aromatic N) is 3. The minimum absolute atomic E-state index is 0.529. The van der Waals surface area contributed by atoms with Crippen LogP contribution in [0.1, 0.15) is 19.3 Å². The normalized spacial score (nSPS) is 16.1. The molecule has 0 amide bonds. The van der Waals surface area contributed by atoms with E-state index >= 15 is 0 Å². The highest BCUT2D eigenvalue weighted by atomic mass is 15.3. The Morgan fingerprint density at radius 3 is 3.00 bits per heavy atom. The number of imidazole rings is 1. The van der Waals surface area contributed by atoms with Gasteiger partial charge in [-0.3, -0.25) is 0 Å². The molecule has 4 N–H and O–H groups in total. The molecule has 0 bridgehead atoms. The fourth-order valence-electron chi connectivity index (χ4n) is 1.84. The fourth-order valence-corrected chi connectivity index (χ4v) is 1.84. The van der Waals surface area contributed by atoms with Crippen LogP contribution in [-0.4, -0.2) is 20.4 Å². The van der Waals surface area contributed by atoms with Crippen LogP contribution in [0.3, 0.4) is 0 Å². The van der Waals surface area contributed by atoms with Crippen LogP contribution in [0.15, 0.2) is 18.6 Å². The van der Waals surface area contributed by atoms with E-state index in [0.29, 0.717) is 11.9 Å². The SMILES string of the molecule is NNc1cn2ccnc2c(NC2CCC2)n1. The van der Waals surface area contributed by atoms with Crippen LogP contribution in [0.4, 0.5) is 11.6 Å². The van der Waals surface area contributed by atoms with Crippen LogP contribution < -0.4 is 16.6 Å². The predicted octanol–water partition coefficient (Wildman–Crippen LogP) is 0.979. The molecule has 6 heteroatoms. The van der Waals surface area contributed by atoms with Gasteiger partial charge in [0.05, 0.1) is 6.20 Å². The highest BCUT2D eigenvalue weighted by Crippen LogP contribution is 2.24. The average Bonchev–Trinajstić information content (AvgIpc) is 2.70. The molecule has 16 heavy (non-hydrogen) atoms. The molecule has 0 spiro atoms. The van der Waals surface area contributed by atoms with Gasteiger partial charge in [-0.05, 0) is 19.3 Å². The van der Waals surface area contributed by atoms with Gasteiger partial charge >= 0.3 is 0 Å². The van der Waals surface area contributed by atoms with Gasteiger partial charge in [-0.25, -0.2) is 15.8 Å². The van der Waals surface area contributed by atoms with Crippen molar-refractivity contribution in [2.24, 2.45) is 5.84 Å². The van der Waals surface area contributed by atoms with Crippen molar-refractivity contribution in [3.05, 3.63) is 18.6 Å². The number of hydrogen-bond acceptors (Lipinski definition) is 5. The summed E-state index contributed by atoms with van der Waals surface area (Å²) in [6, 6.07) is 0.529. The molecule has 84 valence electrons. The third kappa shape index (κ3) is 1.47. The van der Waals surface area contributed by atoms with Crippen LogP contribution in [0, 0.1) is 0 Å². The molecular weight excluding hydrogens is 204 g/mol. The first-order valence-corrected chi connectivity index (χ1v) is 5.43. The first-order valence-electron chi connectivity index (χ1n) is 5.43. The minimum Gasteiger partial charge on any atom is -0.364 e. The molecule has 0 radical (unpaired) electrons. The molecule has 0 atom stereocenters. The van der Waals surface area contributed by atoms with Crippen molar-refractivity contribution in [1.29, 1.82) is 0 Å². The van der Waals surface area contributed by atoms with Crippen molar-refractivity contribution < 1.29 is 0 Å². The number of nitrogens with one attached hydrogen (secondary N) is 2. The van der Waals surface area contributed by atoms with E-state index in [9.17, 15) is 0 Å². The van der Waals surface area contributed by atoms with Gasteiger partial charge in [-0.1, -0.05) is 0 Å². The summed E-state index contributed by atoms with van der Waals surface area (Å²) >= 11 is 0. The van der Waals surface area contributed by atoms with Gasteiger partial charge in [0.15, 0.2) is 17.3 Å². The lowest BCUT2D eigenvalue weighted by molar-refractivity contribution is 0.444. The molecule has 0 aliphatic heterocycles. The van der Waals surface area contributed by atoms with Crippen LogP contribution in [0.25, 0.3) is 5.65 Å². The summed E-state index contributed by atoms with van der Waals surface area (Å²) in [4.78, 5) is 8.66. The van der Waals surface area contributed by atoms with Crippen molar-refractivity contribution in [3.63, 3.8) is 0 Å². The Morgan fingerprint density at radius 2 is 2.31 bits per heavy atom. The van der Waals surface area contributed by atoms with Crippen LogP contribution in [0.5, 0.6) is 0 Å². The first-order chi connectivity index (χ1) is 7.86. The van der Waals surface area contributed by atoms with Gasteiger partial charge in [-0.2, -0.15) is 0 Å². The number of aromatic nitrogens is 3. The first kappa shape index (κ1) is 9.41. The number of fused-ring (bicyclic) bond motifs is 1. The van der Waals surface area contributed by atoms with Gasteiger partial charge in [0, 0.05) is 18.4 Å². The van der Waals surface area contributed by atoms with Crippen molar-refractivity contribution in [3.8, 4) is 0 Å². The molecular formula is C10H14N6. The maximum atomic E-state index is 5.38. The number of nitrogen functional groups attached to an aromatic ring is 1. The van der Waals surface area contributed by atoms with E-state index in [1.54, 1.807) is 6.20 Å². The molecule has 2 aromatic heterocycles. The highest BCUT2D eigenvalue weighted by molar-refractivity contribution is 5.65. The standard InChI is InChI=1S/C10H14N6/c11-15-8-6-16-5-4-12-10(16)9(14-8)13-7-2-1-3-7/h4-7,15H,1-3,11H2,(H,13,14). The van der Waals surface area contributed by atoms with Crippen molar-refractivity contribution in [1.82, 2.24) is 14.4 Å². The van der Waals surface area contributed by atoms with E-state index < -0.39 is 0 Å². The van der Waals surface area contributed by atoms with E-state index in [-0.39, 0.29) is 0 Å². The lowest BCUT2D eigenvalue weighted by atomic mass is 9.93. The zero-order chi connectivity index (χ0) is 11.0. The van der Waals surface area contributed by atoms with Crippen molar-refractivity contribution in [2.75, 3.05) is 10.7 Å². The number of rotatable bonds is 3. The second-order valence-corrected chi connectivity index (χ2v) is 4.05. The van der Waals surface area contributed by atoms with Crippen LogP contribution in [-0.2, 0) is 0 Å². The van der Waals surface area contributed by atoms with E-state index in [2.05, 4.69) is 20.7 Å². The Bertz CT molecular complexity index is 501. The van der Waals surface area contributed by atoms with Gasteiger partial charge < -0.3 is 15.1 Å². The zero-order valence-corrected chi connectivity index (χ0v) is 8.85. The van der Waals surface area contributed by atoms with Gasteiger partial charge in [0.25, 0.3) is 0 Å². The zero-order valence-electron chi connectivity index (χ0n) is 8.85. The van der Waals surface area contributed by atoms with E-state index in [4.69, 9.17) is 5.84 Å². The monoisotopic (exact) mass is 218 g/mol. The Labute approximate surface area is 92.9 Å². The third-order valence-corrected chi connectivity index (χ3v) is 2.97. The molecule has 0 aromatic carbocycles. The number of hydrazine groups is 1. The minimum atomic E-state index is 0.529. The largest absolute Gasteiger partial charge is 0.364 e. The van der Waals surface area contributed by atoms with Gasteiger partial charge in [0.2, 0.25) is 0 Å². The average molecular weight is 218 g/mol. The van der Waals surface area contributed by atoms with Crippen molar-refractivity contribution >= 4 is 17.3 Å². The van der Waals surface area contributed by atoms with E-state index in [1.807, 2.05) is 16.8 Å². The number of nitrogens with two attached hydrogens (primary N) is 1. The fraction of sp³-hybridized carbons (Fsp3) is 0.400. The summed E-state index contributed by atoms with van der Waals surface area (Å²) in [5.41, 5.74) is 3.40. The molecule has 3 rings (SSSR count). The Kier molecular flexibility index (Phi) is 2.14. The Morgan fingerprint density at radius 1 is 1.44 bits per heavy atom. The quantitative estimate of drug-likeness (QED) is 0.528. The summed E-state index contributed by atoms with van der Waals surface area (Å²) in [6.07, 6.45) is 9.14. The third-order valence-electron chi connectivity index (χ3n) is 2.97. The molecule has 0 saturated heterocycles. The Balaban J connectivity index is 2.01. The summed E-state index contributed by atoms with van der Waals surface area (Å²) in [5, 5.41) is 3.39. The van der Waals surface area contributed by atoms with Gasteiger partial charge in [-0.15, -0.1) is 0 Å². The topological polar surface area (TPSA) is 80.3 Å². The number of anilines is 2. The van der Waals surface area contributed by atoms with Gasteiger partial charge in [0.1, 0.15) is 0 Å². The van der Waals surface area contributed by atoms with Crippen LogP contribution >= 0.6 is 0 Å². The Hall–Kier alpha value is -1.82. The molecule has 2 heterocycles. The lowest BCUT2D eigenvalue weighted by Gasteiger charge is -2.27. The maximum absolute atomic E-state index is 5.38.